The molecule has 0 spiro atoms. The predicted octanol–water partition coefficient (Wildman–Crippen LogP) is 3.60. The van der Waals surface area contributed by atoms with E-state index in [-0.39, 0.29) is 5.30 Å². The number of fused-ring (bicyclic) bond motifs is 3. The summed E-state index contributed by atoms with van der Waals surface area (Å²) in [6.07, 6.45) is 0. The van der Waals surface area contributed by atoms with Crippen molar-refractivity contribution in [2.24, 2.45) is 0 Å². The molecule has 0 saturated heterocycles. The molecule has 2 N–H and O–H groups in total. The minimum absolute atomic E-state index is 0.0166. The minimum atomic E-state index is -4.35. The third-order valence-corrected chi connectivity index (χ3v) is 5.55. The molecule has 7 heteroatoms. The predicted molar refractivity (Wildman–Crippen MR) is 106 cm³/mol. The first-order chi connectivity index (χ1) is 12.9. The smallest absolute Gasteiger partial charge is 0.356 e. The van der Waals surface area contributed by atoms with Crippen molar-refractivity contribution in [1.29, 1.82) is 0 Å². The summed E-state index contributed by atoms with van der Waals surface area (Å²) in [6, 6.07) is 17.9. The van der Waals surface area contributed by atoms with E-state index < -0.39 is 7.60 Å². The van der Waals surface area contributed by atoms with E-state index in [9.17, 15) is 14.4 Å². The molecule has 0 aliphatic carbocycles. The van der Waals surface area contributed by atoms with Crippen LogP contribution >= 0.6 is 7.60 Å². The average molecular weight is 383 g/mol. The highest BCUT2D eigenvalue weighted by molar-refractivity contribution is 7.60. The second kappa shape index (κ2) is 6.43. The molecule has 6 nitrogen and oxygen atoms in total. The minimum Gasteiger partial charge on any atom is -0.497 e. The van der Waals surface area contributed by atoms with Gasteiger partial charge >= 0.3 is 7.60 Å². The molecule has 1 heterocycles. The van der Waals surface area contributed by atoms with E-state index in [1.807, 2.05) is 47.0 Å². The molecule has 0 atom stereocenters. The lowest BCUT2D eigenvalue weighted by Gasteiger charge is -2.11. The number of ether oxygens (including phenoxy) is 2. The molecule has 3 aromatic carbocycles. The van der Waals surface area contributed by atoms with Crippen molar-refractivity contribution in [2.45, 2.75) is 0 Å². The molecule has 0 saturated carbocycles. The Bertz CT molecular complexity index is 1150. The Morgan fingerprint density at radius 3 is 1.85 bits per heavy atom. The second-order valence-corrected chi connectivity index (χ2v) is 7.77. The Kier molecular flexibility index (Phi) is 4.19. The molecule has 1 aromatic heterocycles. The molecule has 4 aromatic rings. The molecule has 0 bridgehead atoms. The fraction of sp³-hybridized carbons (Fsp3) is 0.100. The largest absolute Gasteiger partial charge is 0.497 e. The standard InChI is InChI=1S/C20H18NO5P/c1-25-14-6-8-19-17(11-14)18-12-15(26-2)7-9-20(18)21(19)13-4-3-5-16(10-13)27(22,23)24/h3-12H,1-2H3,(H2,22,23,24). The SMILES string of the molecule is COc1ccc2c(c1)c1cc(OC)ccc1n2-c1cccc(P(=O)(O)O)c1. The van der Waals surface area contributed by atoms with Gasteiger partial charge in [0.1, 0.15) is 11.5 Å². The summed E-state index contributed by atoms with van der Waals surface area (Å²) in [4.78, 5) is 19.1. The van der Waals surface area contributed by atoms with E-state index in [0.717, 1.165) is 33.3 Å². The van der Waals surface area contributed by atoms with Crippen LogP contribution in [0, 0.1) is 0 Å². The van der Waals surface area contributed by atoms with E-state index in [4.69, 9.17) is 9.47 Å². The van der Waals surface area contributed by atoms with Crippen LogP contribution in [-0.4, -0.2) is 28.6 Å². The molecule has 0 unspecified atom stereocenters. The third-order valence-electron chi connectivity index (χ3n) is 4.60. The molecule has 0 amide bonds. The van der Waals surface area contributed by atoms with Crippen molar-refractivity contribution in [3.8, 4) is 17.2 Å². The Hall–Kier alpha value is -2.79. The van der Waals surface area contributed by atoms with Gasteiger partial charge in [0.15, 0.2) is 0 Å². The Labute approximate surface area is 155 Å². The van der Waals surface area contributed by atoms with Gasteiger partial charge < -0.3 is 23.8 Å². The van der Waals surface area contributed by atoms with Crippen LogP contribution in [0.15, 0.2) is 60.7 Å². The number of rotatable bonds is 4. The van der Waals surface area contributed by atoms with Gasteiger partial charge in [-0.2, -0.15) is 0 Å². The Morgan fingerprint density at radius 2 is 1.37 bits per heavy atom. The summed E-state index contributed by atoms with van der Waals surface area (Å²) in [5, 5.41) is 1.91. The number of methoxy groups -OCH3 is 2. The first kappa shape index (κ1) is 17.6. The maximum absolute atomic E-state index is 11.7. The molecule has 0 fully saturated rings. The summed E-state index contributed by atoms with van der Waals surface area (Å²) >= 11 is 0. The molecular weight excluding hydrogens is 365 g/mol. The van der Waals surface area contributed by atoms with E-state index in [1.165, 1.54) is 12.1 Å². The second-order valence-electron chi connectivity index (χ2n) is 6.17. The Balaban J connectivity index is 2.09. The zero-order valence-electron chi connectivity index (χ0n) is 14.8. The lowest BCUT2D eigenvalue weighted by molar-refractivity contribution is 0.387. The van der Waals surface area contributed by atoms with Gasteiger partial charge in [-0.1, -0.05) is 6.07 Å². The maximum Gasteiger partial charge on any atom is 0.356 e. The molecule has 27 heavy (non-hydrogen) atoms. The van der Waals surface area contributed by atoms with Gasteiger partial charge in [-0.3, -0.25) is 4.57 Å². The molecule has 138 valence electrons. The van der Waals surface area contributed by atoms with Crippen molar-refractivity contribution >= 4 is 34.7 Å². The molecular formula is C20H18NO5P. The van der Waals surface area contributed by atoms with Crippen molar-refractivity contribution < 1.29 is 23.8 Å². The first-order valence-corrected chi connectivity index (χ1v) is 9.86. The van der Waals surface area contributed by atoms with E-state index in [1.54, 1.807) is 20.3 Å². The van der Waals surface area contributed by atoms with E-state index >= 15 is 0 Å². The van der Waals surface area contributed by atoms with Gasteiger partial charge in [-0.25, -0.2) is 0 Å². The van der Waals surface area contributed by atoms with Crippen LogP contribution in [0.1, 0.15) is 0 Å². The summed E-state index contributed by atoms with van der Waals surface area (Å²) in [7, 11) is -1.12. The summed E-state index contributed by atoms with van der Waals surface area (Å²) in [5.41, 5.74) is 2.48. The molecule has 0 aliphatic rings. The van der Waals surface area contributed by atoms with Gasteiger partial charge in [-0.05, 0) is 54.6 Å². The van der Waals surface area contributed by atoms with E-state index in [0.29, 0.717) is 5.69 Å². The molecule has 0 aliphatic heterocycles. The van der Waals surface area contributed by atoms with Crippen molar-refractivity contribution in [3.63, 3.8) is 0 Å². The number of nitrogens with zero attached hydrogens (tertiary/aromatic N) is 1. The van der Waals surface area contributed by atoms with Crippen LogP contribution < -0.4 is 14.8 Å². The van der Waals surface area contributed by atoms with Crippen LogP contribution in [0.4, 0.5) is 0 Å². The topological polar surface area (TPSA) is 80.9 Å². The van der Waals surface area contributed by atoms with Crippen LogP contribution in [0.25, 0.3) is 27.5 Å². The Morgan fingerprint density at radius 1 is 0.815 bits per heavy atom. The fourth-order valence-corrected chi connectivity index (χ4v) is 3.91. The lowest BCUT2D eigenvalue weighted by Crippen LogP contribution is -2.06. The highest BCUT2D eigenvalue weighted by Gasteiger charge is 2.19. The number of hydrogen-bond acceptors (Lipinski definition) is 3. The summed E-state index contributed by atoms with van der Waals surface area (Å²) < 4.78 is 24.4. The monoisotopic (exact) mass is 383 g/mol. The van der Waals surface area contributed by atoms with Crippen molar-refractivity contribution in [3.05, 3.63) is 60.7 Å². The fourth-order valence-electron chi connectivity index (χ4n) is 3.33. The van der Waals surface area contributed by atoms with Gasteiger partial charge in [0.05, 0.1) is 30.6 Å². The third kappa shape index (κ3) is 2.98. The van der Waals surface area contributed by atoms with Crippen molar-refractivity contribution in [1.82, 2.24) is 4.57 Å². The van der Waals surface area contributed by atoms with Crippen LogP contribution in [0.2, 0.25) is 0 Å². The van der Waals surface area contributed by atoms with Crippen LogP contribution in [0.5, 0.6) is 11.5 Å². The van der Waals surface area contributed by atoms with Crippen LogP contribution in [-0.2, 0) is 4.57 Å². The number of aromatic nitrogens is 1. The van der Waals surface area contributed by atoms with Gasteiger partial charge in [0.25, 0.3) is 0 Å². The number of benzene rings is 3. The number of hydrogen-bond donors (Lipinski definition) is 2. The highest BCUT2D eigenvalue weighted by atomic mass is 31.2. The summed E-state index contributed by atoms with van der Waals surface area (Å²) in [6.45, 7) is 0. The first-order valence-electron chi connectivity index (χ1n) is 8.25. The molecule has 0 radical (unpaired) electrons. The lowest BCUT2D eigenvalue weighted by atomic mass is 10.1. The zero-order valence-corrected chi connectivity index (χ0v) is 15.7. The quantitative estimate of drug-likeness (QED) is 0.526. The zero-order chi connectivity index (χ0) is 19.2. The highest BCUT2D eigenvalue weighted by Crippen LogP contribution is 2.37. The normalized spacial score (nSPS) is 11.9. The van der Waals surface area contributed by atoms with E-state index in [2.05, 4.69) is 0 Å². The maximum atomic E-state index is 11.7. The summed E-state index contributed by atoms with van der Waals surface area (Å²) in [5.74, 6) is 1.46. The van der Waals surface area contributed by atoms with Gasteiger partial charge in [0.2, 0.25) is 0 Å². The van der Waals surface area contributed by atoms with Gasteiger partial charge in [-0.15, -0.1) is 0 Å². The van der Waals surface area contributed by atoms with Crippen molar-refractivity contribution in [2.75, 3.05) is 14.2 Å². The van der Waals surface area contributed by atoms with Gasteiger partial charge in [0, 0.05) is 16.5 Å². The average Bonchev–Trinajstić information content (AvgIpc) is 3.00. The molecule has 4 rings (SSSR count). The van der Waals surface area contributed by atoms with Crippen LogP contribution in [0.3, 0.4) is 0 Å².